The zero-order valence-electron chi connectivity index (χ0n) is 17.6. The Morgan fingerprint density at radius 1 is 1.30 bits per heavy atom. The molecule has 1 saturated heterocycles. The van der Waals surface area contributed by atoms with Crippen LogP contribution in [-0.4, -0.2) is 75.9 Å². The van der Waals surface area contributed by atoms with Gasteiger partial charge in [0, 0.05) is 26.2 Å². The van der Waals surface area contributed by atoms with Crippen LogP contribution >= 0.6 is 0 Å². The molecule has 6 nitrogen and oxygen atoms in total. The first-order valence-electron chi connectivity index (χ1n) is 10.0. The number of rotatable bonds is 8. The van der Waals surface area contributed by atoms with E-state index in [1.807, 2.05) is 12.1 Å². The molecule has 1 aliphatic rings. The fraction of sp³-hybridized carbons (Fsp3) is 0.667. The van der Waals surface area contributed by atoms with Gasteiger partial charge in [-0.2, -0.15) is 0 Å². The second-order valence-electron chi connectivity index (χ2n) is 7.09. The molecule has 2 rings (SSSR count). The Labute approximate surface area is 164 Å². The summed E-state index contributed by atoms with van der Waals surface area (Å²) >= 11 is 0. The highest BCUT2D eigenvalue weighted by Gasteiger charge is 2.22. The predicted octanol–water partition coefficient (Wildman–Crippen LogP) is 2.76. The van der Waals surface area contributed by atoms with Gasteiger partial charge in [-0.15, -0.1) is 0 Å². The lowest BCUT2D eigenvalue weighted by Gasteiger charge is -2.34. The number of hydrogen-bond donors (Lipinski definition) is 1. The Bertz CT molecular complexity index is 583. The maximum atomic E-state index is 5.77. The minimum Gasteiger partial charge on any atom is -0.497 e. The number of methoxy groups -OCH3 is 1. The molecule has 0 aliphatic carbocycles. The van der Waals surface area contributed by atoms with Gasteiger partial charge >= 0.3 is 0 Å². The number of ether oxygens (including phenoxy) is 2. The Balaban J connectivity index is 2.08. The molecule has 0 amide bonds. The molecular weight excluding hydrogens is 340 g/mol. The van der Waals surface area contributed by atoms with Gasteiger partial charge in [-0.05, 0) is 58.5 Å². The average molecular weight is 377 g/mol. The number of likely N-dealkylation sites (N-methyl/N-ethyl adjacent to an activating group) is 1. The average Bonchev–Trinajstić information content (AvgIpc) is 2.68. The van der Waals surface area contributed by atoms with E-state index in [-0.39, 0.29) is 6.04 Å². The fourth-order valence-corrected chi connectivity index (χ4v) is 3.48. The Morgan fingerprint density at radius 2 is 2.04 bits per heavy atom. The van der Waals surface area contributed by atoms with Crippen molar-refractivity contribution in [3.05, 3.63) is 29.8 Å². The first-order chi connectivity index (χ1) is 13.1. The van der Waals surface area contributed by atoms with Crippen LogP contribution in [0.4, 0.5) is 0 Å². The number of likely N-dealkylation sites (tertiary alicyclic amines) is 1. The summed E-state index contributed by atoms with van der Waals surface area (Å²) in [5, 5.41) is 3.46. The second-order valence-corrected chi connectivity index (χ2v) is 7.09. The molecule has 0 bridgehead atoms. The Kier molecular flexibility index (Phi) is 8.88. The maximum Gasteiger partial charge on any atom is 0.193 e. The van der Waals surface area contributed by atoms with Crippen LogP contribution in [0.2, 0.25) is 0 Å². The molecule has 0 aromatic heterocycles. The van der Waals surface area contributed by atoms with E-state index in [9.17, 15) is 0 Å². The largest absolute Gasteiger partial charge is 0.497 e. The van der Waals surface area contributed by atoms with Crippen LogP contribution in [0.25, 0.3) is 0 Å². The summed E-state index contributed by atoms with van der Waals surface area (Å²) in [6, 6.07) is 8.46. The summed E-state index contributed by atoms with van der Waals surface area (Å²) in [5.41, 5.74) is 1.22. The fourth-order valence-electron chi connectivity index (χ4n) is 3.48. The molecule has 0 spiro atoms. The zero-order chi connectivity index (χ0) is 19.6. The molecule has 1 aromatic rings. The van der Waals surface area contributed by atoms with Crippen LogP contribution in [0, 0.1) is 0 Å². The maximum absolute atomic E-state index is 5.77. The highest BCUT2D eigenvalue weighted by Crippen LogP contribution is 2.23. The van der Waals surface area contributed by atoms with Crippen molar-refractivity contribution < 1.29 is 9.47 Å². The molecule has 1 atom stereocenters. The molecule has 27 heavy (non-hydrogen) atoms. The van der Waals surface area contributed by atoms with E-state index in [4.69, 9.17) is 14.5 Å². The van der Waals surface area contributed by atoms with E-state index in [1.54, 1.807) is 7.11 Å². The van der Waals surface area contributed by atoms with Crippen LogP contribution in [0.3, 0.4) is 0 Å². The Hall–Kier alpha value is -1.79. The number of piperidine rings is 1. The van der Waals surface area contributed by atoms with E-state index >= 15 is 0 Å². The second kappa shape index (κ2) is 11.1. The van der Waals surface area contributed by atoms with Crippen molar-refractivity contribution in [1.29, 1.82) is 0 Å². The third-order valence-electron chi connectivity index (χ3n) is 4.99. The summed E-state index contributed by atoms with van der Waals surface area (Å²) < 4.78 is 11.2. The zero-order valence-corrected chi connectivity index (χ0v) is 17.6. The van der Waals surface area contributed by atoms with Crippen LogP contribution in [0.5, 0.6) is 5.75 Å². The number of hydrogen-bond acceptors (Lipinski definition) is 4. The number of nitrogens with one attached hydrogen (secondary N) is 1. The predicted molar refractivity (Wildman–Crippen MR) is 112 cm³/mol. The number of nitrogens with zero attached hydrogens (tertiary/aromatic N) is 3. The number of benzene rings is 1. The van der Waals surface area contributed by atoms with Crippen LogP contribution in [0.15, 0.2) is 29.3 Å². The van der Waals surface area contributed by atoms with E-state index in [1.165, 1.54) is 5.56 Å². The van der Waals surface area contributed by atoms with E-state index in [0.717, 1.165) is 50.8 Å². The van der Waals surface area contributed by atoms with Crippen LogP contribution in [0.1, 0.15) is 38.3 Å². The van der Waals surface area contributed by atoms with Gasteiger partial charge in [0.25, 0.3) is 0 Å². The molecule has 6 heteroatoms. The normalized spacial score (nSPS) is 17.3. The number of aliphatic imine (C=N–C) groups is 1. The van der Waals surface area contributed by atoms with Gasteiger partial charge in [0.15, 0.2) is 5.96 Å². The molecule has 1 aromatic carbocycles. The van der Waals surface area contributed by atoms with E-state index < -0.39 is 0 Å². The summed E-state index contributed by atoms with van der Waals surface area (Å²) in [5.74, 6) is 1.88. The van der Waals surface area contributed by atoms with Crippen LogP contribution in [-0.2, 0) is 4.74 Å². The minimum atomic E-state index is 0.203. The highest BCUT2D eigenvalue weighted by atomic mass is 16.5. The highest BCUT2D eigenvalue weighted by molar-refractivity contribution is 5.80. The molecule has 1 heterocycles. The third-order valence-corrected chi connectivity index (χ3v) is 4.99. The first kappa shape index (κ1) is 21.5. The monoisotopic (exact) mass is 376 g/mol. The van der Waals surface area contributed by atoms with Crippen molar-refractivity contribution in [1.82, 2.24) is 15.1 Å². The van der Waals surface area contributed by atoms with Gasteiger partial charge in [0.2, 0.25) is 0 Å². The molecule has 0 radical (unpaired) electrons. The van der Waals surface area contributed by atoms with Gasteiger partial charge in [-0.25, -0.2) is 0 Å². The summed E-state index contributed by atoms with van der Waals surface area (Å²) in [6.07, 6.45) is 2.51. The van der Waals surface area contributed by atoms with Crippen molar-refractivity contribution >= 4 is 5.96 Å². The van der Waals surface area contributed by atoms with Crippen molar-refractivity contribution in [3.8, 4) is 5.75 Å². The molecule has 1 unspecified atom stereocenters. The molecule has 1 fully saturated rings. The molecule has 0 saturated carbocycles. The van der Waals surface area contributed by atoms with Crippen molar-refractivity contribution in [3.63, 3.8) is 0 Å². The SMILES string of the molecule is CCNC(=NCC(c1cccc(OC)c1)N(C)C)N1CCC(OCC)CC1. The molecular formula is C21H36N4O2. The summed E-state index contributed by atoms with van der Waals surface area (Å²) in [7, 11) is 5.90. The topological polar surface area (TPSA) is 49.3 Å². The quantitative estimate of drug-likeness (QED) is 0.558. The minimum absolute atomic E-state index is 0.203. The summed E-state index contributed by atoms with van der Waals surface area (Å²) in [6.45, 7) is 8.53. The van der Waals surface area contributed by atoms with Gasteiger partial charge < -0.3 is 24.6 Å². The van der Waals surface area contributed by atoms with Gasteiger partial charge in [-0.3, -0.25) is 4.99 Å². The van der Waals surface area contributed by atoms with Gasteiger partial charge in [0.05, 0.1) is 25.8 Å². The van der Waals surface area contributed by atoms with E-state index in [0.29, 0.717) is 12.6 Å². The summed E-state index contributed by atoms with van der Waals surface area (Å²) in [4.78, 5) is 9.54. The lowest BCUT2D eigenvalue weighted by molar-refractivity contribution is 0.0263. The van der Waals surface area contributed by atoms with Crippen molar-refractivity contribution in [2.45, 2.75) is 38.8 Å². The standard InChI is InChI=1S/C21H36N4O2/c1-6-22-21(25-13-11-18(12-14-25)27-7-2)23-16-20(24(3)4)17-9-8-10-19(15-17)26-5/h8-10,15,18,20H,6-7,11-14,16H2,1-5H3,(H,22,23). The van der Waals surface area contributed by atoms with Crippen molar-refractivity contribution in [2.24, 2.45) is 4.99 Å². The molecule has 1 aliphatic heterocycles. The molecule has 152 valence electrons. The first-order valence-corrected chi connectivity index (χ1v) is 10.0. The lowest BCUT2D eigenvalue weighted by atomic mass is 10.1. The van der Waals surface area contributed by atoms with E-state index in [2.05, 4.69) is 55.2 Å². The van der Waals surface area contributed by atoms with Crippen molar-refractivity contribution in [2.75, 3.05) is 54.0 Å². The molecule has 1 N–H and O–H groups in total. The lowest BCUT2D eigenvalue weighted by Crippen LogP contribution is -2.47. The van der Waals surface area contributed by atoms with Crippen LogP contribution < -0.4 is 10.1 Å². The smallest absolute Gasteiger partial charge is 0.193 e. The third kappa shape index (κ3) is 6.40. The number of guanidine groups is 1. The van der Waals surface area contributed by atoms with Gasteiger partial charge in [-0.1, -0.05) is 12.1 Å². The Morgan fingerprint density at radius 3 is 2.63 bits per heavy atom. The van der Waals surface area contributed by atoms with Gasteiger partial charge in [0.1, 0.15) is 5.75 Å².